The molecule has 0 spiro atoms. The monoisotopic (exact) mass is 130 g/mol. The summed E-state index contributed by atoms with van der Waals surface area (Å²) in [7, 11) is 2.91. The SMILES string of the molecule is CC[Si](O)[Si][Si]. The Bertz CT molecular complexity index is 28.0. The molecule has 0 aliphatic carbocycles. The van der Waals surface area contributed by atoms with Gasteiger partial charge in [0.1, 0.15) is 0 Å². The van der Waals surface area contributed by atoms with Crippen LogP contribution in [0.3, 0.4) is 0 Å². The predicted molar refractivity (Wildman–Crippen MR) is 30.0 cm³/mol. The maximum absolute atomic E-state index is 8.73. The summed E-state index contributed by atoms with van der Waals surface area (Å²) in [5.74, 6) is 0. The fourth-order valence-corrected chi connectivity index (χ4v) is 2.39. The van der Waals surface area contributed by atoms with Gasteiger partial charge in [-0.25, -0.2) is 0 Å². The van der Waals surface area contributed by atoms with Crippen molar-refractivity contribution in [1.82, 2.24) is 0 Å². The van der Waals surface area contributed by atoms with E-state index in [2.05, 4.69) is 9.76 Å². The van der Waals surface area contributed by atoms with E-state index in [1.807, 2.05) is 6.92 Å². The normalized spacial score (nSPS) is 10.0. The fourth-order valence-electron chi connectivity index (χ4n) is 0.0884. The Hall–Kier alpha value is 0.611. The Morgan fingerprint density at radius 3 is 2.50 bits per heavy atom. The molecule has 1 N–H and O–H groups in total. The average molecular weight is 130 g/mol. The van der Waals surface area contributed by atoms with Gasteiger partial charge in [-0.05, 0) is 6.04 Å². The second kappa shape index (κ2) is 3.79. The summed E-state index contributed by atoms with van der Waals surface area (Å²) in [5, 5.41) is 0. The standard InChI is InChI=1S/C2H6OSi3/c1-2-6(3)5-4/h3H,2H2,1H3. The van der Waals surface area contributed by atoms with Crippen molar-refractivity contribution < 1.29 is 4.80 Å². The lowest BCUT2D eigenvalue weighted by Crippen LogP contribution is -2.20. The van der Waals surface area contributed by atoms with E-state index in [1.165, 1.54) is 0 Å². The van der Waals surface area contributed by atoms with Gasteiger partial charge in [0, 0.05) is 18.3 Å². The highest BCUT2D eigenvalue weighted by Crippen LogP contribution is 1.77. The molecule has 0 amide bonds. The van der Waals surface area contributed by atoms with E-state index in [0.29, 0.717) is 8.55 Å². The van der Waals surface area contributed by atoms with E-state index in [0.717, 1.165) is 6.04 Å². The molecule has 0 saturated heterocycles. The summed E-state index contributed by atoms with van der Waals surface area (Å²) in [6.45, 7) is 2.00. The van der Waals surface area contributed by atoms with Crippen LogP contribution in [-0.4, -0.2) is 31.7 Å². The Kier molecular flexibility index (Phi) is 4.17. The van der Waals surface area contributed by atoms with Crippen LogP contribution in [-0.2, 0) is 0 Å². The Morgan fingerprint density at radius 2 is 2.50 bits per heavy atom. The zero-order chi connectivity index (χ0) is 4.99. The van der Waals surface area contributed by atoms with Crippen molar-refractivity contribution in [3.8, 4) is 0 Å². The molecule has 4 heteroatoms. The second-order valence-electron chi connectivity index (χ2n) is 0.925. The minimum atomic E-state index is -0.927. The van der Waals surface area contributed by atoms with Crippen LogP contribution in [0.2, 0.25) is 6.04 Å². The van der Waals surface area contributed by atoms with Gasteiger partial charge in [-0.1, -0.05) is 6.92 Å². The van der Waals surface area contributed by atoms with Gasteiger partial charge in [0.2, 0.25) is 0 Å². The van der Waals surface area contributed by atoms with Gasteiger partial charge < -0.3 is 4.80 Å². The maximum atomic E-state index is 8.73. The summed E-state index contributed by atoms with van der Waals surface area (Å²) in [4.78, 5) is 8.73. The van der Waals surface area contributed by atoms with Gasteiger partial charge in [0.15, 0.2) is 8.56 Å². The number of rotatable bonds is 2. The van der Waals surface area contributed by atoms with Gasteiger partial charge in [-0.15, -0.1) is 0 Å². The zero-order valence-corrected chi connectivity index (χ0v) is 6.65. The van der Waals surface area contributed by atoms with Crippen molar-refractivity contribution in [2.75, 3.05) is 0 Å². The molecule has 0 aromatic heterocycles. The highest BCUT2D eigenvalue weighted by molar-refractivity contribution is 7.28. The molecule has 0 aliphatic rings. The molecular weight excluding hydrogens is 124 g/mol. The molecule has 0 aromatic rings. The molecule has 6 heavy (non-hydrogen) atoms. The van der Waals surface area contributed by atoms with Crippen molar-refractivity contribution in [1.29, 1.82) is 0 Å². The molecule has 0 atom stereocenters. The minimum absolute atomic E-state index is 0.595. The van der Waals surface area contributed by atoms with Crippen molar-refractivity contribution >= 4 is 26.9 Å². The Morgan fingerprint density at radius 1 is 2.00 bits per heavy atom. The molecule has 0 unspecified atom stereocenters. The first kappa shape index (κ1) is 6.61. The molecule has 0 aliphatic heterocycles. The minimum Gasteiger partial charge on any atom is -0.435 e. The Labute approximate surface area is 45.3 Å². The average Bonchev–Trinajstić information content (AvgIpc) is 1.65. The van der Waals surface area contributed by atoms with Crippen LogP contribution in [0.1, 0.15) is 6.92 Å². The van der Waals surface area contributed by atoms with E-state index in [1.54, 1.807) is 0 Å². The topological polar surface area (TPSA) is 20.2 Å². The molecule has 0 aromatic carbocycles. The van der Waals surface area contributed by atoms with Crippen LogP contribution in [0.25, 0.3) is 0 Å². The molecule has 32 valence electrons. The second-order valence-corrected chi connectivity index (χ2v) is 7.51. The van der Waals surface area contributed by atoms with Gasteiger partial charge in [-0.3, -0.25) is 0 Å². The molecule has 0 bridgehead atoms. The van der Waals surface area contributed by atoms with Crippen LogP contribution >= 0.6 is 0 Å². The van der Waals surface area contributed by atoms with Crippen molar-refractivity contribution in [2.45, 2.75) is 13.0 Å². The highest BCUT2D eigenvalue weighted by atomic mass is 29.5. The fraction of sp³-hybridized carbons (Fsp3) is 1.00. The summed E-state index contributed by atoms with van der Waals surface area (Å²) in [6.07, 6.45) is 0. The summed E-state index contributed by atoms with van der Waals surface area (Å²) < 4.78 is 0. The third kappa shape index (κ3) is 2.83. The highest BCUT2D eigenvalue weighted by Gasteiger charge is 1.97. The van der Waals surface area contributed by atoms with Gasteiger partial charge in [0.05, 0.1) is 0 Å². The lowest BCUT2D eigenvalue weighted by molar-refractivity contribution is 0.593. The van der Waals surface area contributed by atoms with Crippen LogP contribution < -0.4 is 0 Å². The summed E-state index contributed by atoms with van der Waals surface area (Å²) in [5.41, 5.74) is 0. The predicted octanol–water partition coefficient (Wildman–Crippen LogP) is -0.726. The zero-order valence-electron chi connectivity index (χ0n) is 3.65. The largest absolute Gasteiger partial charge is 0.435 e. The molecule has 0 saturated carbocycles. The number of hydrogen-bond acceptors (Lipinski definition) is 1. The number of hydrogen-bond donors (Lipinski definition) is 1. The van der Waals surface area contributed by atoms with Gasteiger partial charge in [0.25, 0.3) is 0 Å². The van der Waals surface area contributed by atoms with E-state index >= 15 is 0 Å². The molecule has 1 nitrogen and oxygen atoms in total. The Balaban J connectivity index is 2.75. The molecule has 0 fully saturated rings. The van der Waals surface area contributed by atoms with Crippen molar-refractivity contribution in [2.24, 2.45) is 0 Å². The van der Waals surface area contributed by atoms with Gasteiger partial charge in [-0.2, -0.15) is 0 Å². The molecule has 0 rings (SSSR count). The van der Waals surface area contributed by atoms with E-state index in [4.69, 9.17) is 4.80 Å². The third-order valence-corrected chi connectivity index (χ3v) is 5.96. The first-order valence-corrected chi connectivity index (χ1v) is 6.94. The summed E-state index contributed by atoms with van der Waals surface area (Å²) in [6, 6.07) is 0.951. The van der Waals surface area contributed by atoms with Crippen LogP contribution in [0.5, 0.6) is 0 Å². The van der Waals surface area contributed by atoms with Crippen LogP contribution in [0, 0.1) is 0 Å². The van der Waals surface area contributed by atoms with E-state index < -0.39 is 8.56 Å². The van der Waals surface area contributed by atoms with Crippen molar-refractivity contribution in [3.63, 3.8) is 0 Å². The lowest BCUT2D eigenvalue weighted by atomic mass is 11.0. The van der Waals surface area contributed by atoms with E-state index in [9.17, 15) is 0 Å². The van der Waals surface area contributed by atoms with Crippen LogP contribution in [0.15, 0.2) is 0 Å². The smallest absolute Gasteiger partial charge is 0.181 e. The third-order valence-electron chi connectivity index (χ3n) is 0.479. The van der Waals surface area contributed by atoms with Gasteiger partial charge >= 0.3 is 0 Å². The molecule has 6 radical (unpaired) electrons. The van der Waals surface area contributed by atoms with Crippen LogP contribution in [0.4, 0.5) is 0 Å². The maximum Gasteiger partial charge on any atom is 0.181 e. The lowest BCUT2D eigenvalue weighted by Gasteiger charge is -1.92. The molecular formula is C2H6OSi3. The van der Waals surface area contributed by atoms with E-state index in [-0.39, 0.29) is 0 Å². The first-order valence-electron chi connectivity index (χ1n) is 1.78. The molecule has 0 heterocycles. The summed E-state index contributed by atoms with van der Waals surface area (Å²) >= 11 is 0. The quantitative estimate of drug-likeness (QED) is 0.489. The first-order chi connectivity index (χ1) is 2.81. The van der Waals surface area contributed by atoms with Crippen molar-refractivity contribution in [3.05, 3.63) is 0 Å².